The van der Waals surface area contributed by atoms with Crippen LogP contribution in [-0.2, 0) is 0 Å². The van der Waals surface area contributed by atoms with E-state index in [1.165, 1.54) is 0 Å². The lowest BCUT2D eigenvalue weighted by molar-refractivity contribution is 0.117. The van der Waals surface area contributed by atoms with Crippen molar-refractivity contribution in [2.75, 3.05) is 0 Å². The molecule has 10 heavy (non-hydrogen) atoms. The summed E-state index contributed by atoms with van der Waals surface area (Å²) in [4.78, 5) is 0. The van der Waals surface area contributed by atoms with Gasteiger partial charge in [0.2, 0.25) is 0 Å². The molecule has 0 saturated carbocycles. The molecule has 1 atom stereocenters. The number of aliphatic hydroxyl groups is 1. The minimum atomic E-state index is -0.129. The van der Waals surface area contributed by atoms with Gasteiger partial charge in [0.15, 0.2) is 0 Å². The Morgan fingerprint density at radius 1 is 1.40 bits per heavy atom. The number of aliphatic hydroxyl groups excluding tert-OH is 1. The maximum atomic E-state index is 9.32. The minimum absolute atomic E-state index is 0.129. The van der Waals surface area contributed by atoms with E-state index in [0.29, 0.717) is 5.92 Å². The third-order valence-electron chi connectivity index (χ3n) is 1.63. The number of rotatable bonds is 4. The zero-order valence-corrected chi connectivity index (χ0v) is 7.17. The molecule has 0 aliphatic carbocycles. The largest absolute Gasteiger partial charge is 0.393 e. The highest BCUT2D eigenvalue weighted by Gasteiger charge is 2.06. The molecule has 0 rings (SSSR count). The van der Waals surface area contributed by atoms with Gasteiger partial charge in [-0.2, -0.15) is 0 Å². The van der Waals surface area contributed by atoms with E-state index in [9.17, 15) is 5.11 Å². The predicted molar refractivity (Wildman–Crippen MR) is 44.9 cm³/mol. The van der Waals surface area contributed by atoms with Crippen molar-refractivity contribution in [1.82, 2.24) is 0 Å². The van der Waals surface area contributed by atoms with Crippen LogP contribution in [0.4, 0.5) is 0 Å². The van der Waals surface area contributed by atoms with Gasteiger partial charge in [0.1, 0.15) is 0 Å². The second-order valence-corrected chi connectivity index (χ2v) is 2.96. The Bertz CT molecular complexity index is 94.9. The molecule has 0 aromatic carbocycles. The van der Waals surface area contributed by atoms with Crippen molar-refractivity contribution in [2.45, 2.75) is 39.7 Å². The van der Waals surface area contributed by atoms with E-state index in [1.807, 2.05) is 26.8 Å². The van der Waals surface area contributed by atoms with E-state index in [4.69, 9.17) is 0 Å². The zero-order chi connectivity index (χ0) is 7.98. The third kappa shape index (κ3) is 4.57. The highest BCUT2D eigenvalue weighted by Crippen LogP contribution is 2.07. The first-order chi connectivity index (χ1) is 4.68. The first kappa shape index (κ1) is 9.70. The Hall–Kier alpha value is -0.300. The molecule has 0 aromatic rings. The van der Waals surface area contributed by atoms with E-state index in [0.717, 1.165) is 12.8 Å². The molecule has 1 heteroatoms. The van der Waals surface area contributed by atoms with Crippen LogP contribution in [0.2, 0.25) is 0 Å². The number of allylic oxidation sites excluding steroid dienone is 2. The van der Waals surface area contributed by atoms with E-state index < -0.39 is 0 Å². The molecule has 0 aliphatic rings. The van der Waals surface area contributed by atoms with Gasteiger partial charge in [0, 0.05) is 0 Å². The maximum Gasteiger partial charge on any atom is 0.0566 e. The van der Waals surface area contributed by atoms with Gasteiger partial charge in [-0.1, -0.05) is 26.0 Å². The Kier molecular flexibility index (Phi) is 5.32. The molecular formula is C9H18O. The van der Waals surface area contributed by atoms with Crippen LogP contribution >= 0.6 is 0 Å². The van der Waals surface area contributed by atoms with Crippen LogP contribution in [0.25, 0.3) is 0 Å². The Labute approximate surface area is 63.8 Å². The molecule has 0 bridgehead atoms. The molecule has 60 valence electrons. The van der Waals surface area contributed by atoms with E-state index in [1.54, 1.807) is 0 Å². The van der Waals surface area contributed by atoms with Crippen LogP contribution < -0.4 is 0 Å². The minimum Gasteiger partial charge on any atom is -0.393 e. The van der Waals surface area contributed by atoms with Crippen molar-refractivity contribution in [3.8, 4) is 0 Å². The molecule has 0 aliphatic heterocycles. The fourth-order valence-electron chi connectivity index (χ4n) is 0.767. The van der Waals surface area contributed by atoms with Crippen molar-refractivity contribution in [3.05, 3.63) is 12.2 Å². The normalized spacial score (nSPS) is 14.9. The lowest BCUT2D eigenvalue weighted by Gasteiger charge is -2.12. The van der Waals surface area contributed by atoms with Gasteiger partial charge in [0.05, 0.1) is 6.10 Å². The summed E-state index contributed by atoms with van der Waals surface area (Å²) < 4.78 is 0. The van der Waals surface area contributed by atoms with E-state index >= 15 is 0 Å². The summed E-state index contributed by atoms with van der Waals surface area (Å²) >= 11 is 0. The summed E-state index contributed by atoms with van der Waals surface area (Å²) in [6.45, 7) is 6.09. The maximum absolute atomic E-state index is 9.32. The summed E-state index contributed by atoms with van der Waals surface area (Å²) in [6, 6.07) is 0. The molecule has 0 amide bonds. The number of hydrogen-bond donors (Lipinski definition) is 1. The van der Waals surface area contributed by atoms with Gasteiger partial charge in [0.25, 0.3) is 0 Å². The van der Waals surface area contributed by atoms with Gasteiger partial charge in [-0.05, 0) is 25.7 Å². The van der Waals surface area contributed by atoms with Gasteiger partial charge in [-0.3, -0.25) is 0 Å². The zero-order valence-electron chi connectivity index (χ0n) is 7.17. The molecule has 1 nitrogen and oxygen atoms in total. The van der Waals surface area contributed by atoms with Gasteiger partial charge < -0.3 is 5.11 Å². The van der Waals surface area contributed by atoms with Crippen LogP contribution in [-0.4, -0.2) is 11.2 Å². The second-order valence-electron chi connectivity index (χ2n) is 2.96. The molecule has 0 saturated heterocycles. The summed E-state index contributed by atoms with van der Waals surface area (Å²) in [6.07, 6.45) is 5.87. The van der Waals surface area contributed by atoms with Crippen LogP contribution in [0.3, 0.4) is 0 Å². The Morgan fingerprint density at radius 3 is 2.40 bits per heavy atom. The van der Waals surface area contributed by atoms with Crippen molar-refractivity contribution in [1.29, 1.82) is 0 Å². The highest BCUT2D eigenvalue weighted by atomic mass is 16.3. The number of hydrogen-bond acceptors (Lipinski definition) is 1. The summed E-state index contributed by atoms with van der Waals surface area (Å²) in [5.74, 6) is 0.394. The van der Waals surface area contributed by atoms with Gasteiger partial charge >= 0.3 is 0 Å². The molecule has 0 fully saturated rings. The summed E-state index contributed by atoms with van der Waals surface area (Å²) in [5.41, 5.74) is 0. The predicted octanol–water partition coefficient (Wildman–Crippen LogP) is 2.36. The molecule has 0 radical (unpaired) electrons. The van der Waals surface area contributed by atoms with Gasteiger partial charge in [-0.25, -0.2) is 0 Å². The first-order valence-electron chi connectivity index (χ1n) is 3.97. The van der Waals surface area contributed by atoms with Crippen molar-refractivity contribution >= 4 is 0 Å². The van der Waals surface area contributed by atoms with Crippen LogP contribution in [0, 0.1) is 5.92 Å². The Balaban J connectivity index is 3.30. The van der Waals surface area contributed by atoms with Crippen molar-refractivity contribution < 1.29 is 5.11 Å². The fourth-order valence-corrected chi connectivity index (χ4v) is 0.767. The highest BCUT2D eigenvalue weighted by molar-refractivity contribution is 4.78. The molecule has 0 aromatic heterocycles. The fraction of sp³-hybridized carbons (Fsp3) is 0.778. The molecule has 0 spiro atoms. The third-order valence-corrected chi connectivity index (χ3v) is 1.63. The molecule has 1 N–H and O–H groups in total. The van der Waals surface area contributed by atoms with Crippen LogP contribution in [0.15, 0.2) is 12.2 Å². The second kappa shape index (κ2) is 5.48. The van der Waals surface area contributed by atoms with E-state index in [2.05, 4.69) is 6.08 Å². The van der Waals surface area contributed by atoms with E-state index in [-0.39, 0.29) is 6.10 Å². The van der Waals surface area contributed by atoms with Gasteiger partial charge in [-0.15, -0.1) is 0 Å². The lowest BCUT2D eigenvalue weighted by atomic mass is 10.0. The quantitative estimate of drug-likeness (QED) is 0.597. The summed E-state index contributed by atoms with van der Waals surface area (Å²) in [5, 5.41) is 9.32. The van der Waals surface area contributed by atoms with Crippen molar-refractivity contribution in [2.24, 2.45) is 5.92 Å². The average molecular weight is 142 g/mol. The summed E-state index contributed by atoms with van der Waals surface area (Å²) in [7, 11) is 0. The Morgan fingerprint density at radius 2 is 2.00 bits per heavy atom. The average Bonchev–Trinajstić information content (AvgIpc) is 1.88. The first-order valence-corrected chi connectivity index (χ1v) is 3.97. The standard InChI is InChI=1S/C9H18O/c1-4-5-6-7-9(10)8(2)3/h4-5,8-10H,6-7H2,1-3H3. The lowest BCUT2D eigenvalue weighted by Crippen LogP contribution is -2.13. The topological polar surface area (TPSA) is 20.2 Å². The molecule has 1 unspecified atom stereocenters. The molecule has 0 heterocycles. The molecular weight excluding hydrogens is 124 g/mol. The SMILES string of the molecule is CC=CCCC(O)C(C)C. The van der Waals surface area contributed by atoms with Crippen LogP contribution in [0.5, 0.6) is 0 Å². The smallest absolute Gasteiger partial charge is 0.0566 e. The van der Waals surface area contributed by atoms with Crippen LogP contribution in [0.1, 0.15) is 33.6 Å². The van der Waals surface area contributed by atoms with Crippen molar-refractivity contribution in [3.63, 3.8) is 0 Å². The monoisotopic (exact) mass is 142 g/mol.